The molecule has 2 rings (SSSR count). The van der Waals surface area contributed by atoms with Crippen LogP contribution < -0.4 is 16.0 Å². The second-order valence-electron chi connectivity index (χ2n) is 4.35. The molecule has 3 N–H and O–H groups in total. The Morgan fingerprint density at radius 1 is 1.26 bits per heavy atom. The highest BCUT2D eigenvalue weighted by Crippen LogP contribution is 2.26. The van der Waals surface area contributed by atoms with Gasteiger partial charge in [-0.25, -0.2) is 10.8 Å². The van der Waals surface area contributed by atoms with Crippen molar-refractivity contribution in [3.63, 3.8) is 0 Å². The van der Waals surface area contributed by atoms with E-state index in [1.54, 1.807) is 6.20 Å². The molecule has 0 radical (unpaired) electrons. The summed E-state index contributed by atoms with van der Waals surface area (Å²) in [6.45, 7) is 4.58. The Labute approximate surface area is 121 Å². The van der Waals surface area contributed by atoms with Crippen molar-refractivity contribution < 1.29 is 4.74 Å². The van der Waals surface area contributed by atoms with Crippen molar-refractivity contribution in [2.75, 3.05) is 5.43 Å². The monoisotopic (exact) mass is 321 g/mol. The molecular weight excluding hydrogens is 306 g/mol. The van der Waals surface area contributed by atoms with Gasteiger partial charge in [-0.1, -0.05) is 15.9 Å². The maximum atomic E-state index is 5.79. The minimum atomic E-state index is 0.484. The number of halogens is 1. The van der Waals surface area contributed by atoms with Crippen LogP contribution in [0.5, 0.6) is 5.75 Å². The first kappa shape index (κ1) is 13.8. The van der Waals surface area contributed by atoms with Gasteiger partial charge in [0.25, 0.3) is 0 Å². The van der Waals surface area contributed by atoms with Crippen LogP contribution in [0.15, 0.2) is 34.9 Å². The highest BCUT2D eigenvalue weighted by Gasteiger charge is 2.04. The maximum absolute atomic E-state index is 5.79. The van der Waals surface area contributed by atoms with Crippen molar-refractivity contribution >= 4 is 21.7 Å². The first-order valence-electron chi connectivity index (χ1n) is 5.91. The summed E-state index contributed by atoms with van der Waals surface area (Å²) < 4.78 is 6.91. The molecule has 0 bridgehead atoms. The molecule has 19 heavy (non-hydrogen) atoms. The second kappa shape index (κ2) is 6.04. The Morgan fingerprint density at radius 3 is 2.58 bits per heavy atom. The Balaban J connectivity index is 2.10. The van der Waals surface area contributed by atoms with Crippen molar-refractivity contribution in [2.45, 2.75) is 20.5 Å². The lowest BCUT2D eigenvalue weighted by Gasteiger charge is -2.10. The van der Waals surface area contributed by atoms with Crippen molar-refractivity contribution in [3.8, 4) is 5.75 Å². The van der Waals surface area contributed by atoms with Crippen LogP contribution in [-0.2, 0) is 6.61 Å². The summed E-state index contributed by atoms with van der Waals surface area (Å²) in [4.78, 5) is 4.05. The van der Waals surface area contributed by atoms with Gasteiger partial charge in [-0.05, 0) is 54.8 Å². The predicted octanol–water partition coefficient (Wildman–Crippen LogP) is 3.33. The van der Waals surface area contributed by atoms with E-state index in [-0.39, 0.29) is 0 Å². The minimum absolute atomic E-state index is 0.484. The average Bonchev–Trinajstić information content (AvgIpc) is 2.42. The fraction of sp³-hybridized carbons (Fsp3) is 0.214. The standard InChI is InChI=1S/C14H16BrN3O/c1-9-5-12(6-10(2)14(9)15)19-8-11-3-4-17-13(7-11)18-16/h3-7H,8,16H2,1-2H3,(H,17,18). The number of nitrogens with zero attached hydrogens (tertiary/aromatic N) is 1. The summed E-state index contributed by atoms with van der Waals surface area (Å²) in [6.07, 6.45) is 1.70. The van der Waals surface area contributed by atoms with Gasteiger partial charge in [0.1, 0.15) is 18.2 Å². The molecule has 0 spiro atoms. The lowest BCUT2D eigenvalue weighted by atomic mass is 10.1. The zero-order valence-electron chi connectivity index (χ0n) is 10.9. The van der Waals surface area contributed by atoms with Crippen LogP contribution in [0.25, 0.3) is 0 Å². The summed E-state index contributed by atoms with van der Waals surface area (Å²) in [7, 11) is 0. The van der Waals surface area contributed by atoms with Crippen LogP contribution in [0.2, 0.25) is 0 Å². The molecule has 2 aromatic rings. The molecular formula is C14H16BrN3O. The van der Waals surface area contributed by atoms with Gasteiger partial charge in [-0.3, -0.25) is 0 Å². The molecule has 1 heterocycles. The number of hydrogen-bond donors (Lipinski definition) is 2. The average molecular weight is 322 g/mol. The van der Waals surface area contributed by atoms with E-state index in [2.05, 4.69) is 26.3 Å². The zero-order chi connectivity index (χ0) is 13.8. The number of hydrogen-bond acceptors (Lipinski definition) is 4. The van der Waals surface area contributed by atoms with Crippen molar-refractivity contribution in [3.05, 3.63) is 51.6 Å². The molecule has 0 saturated heterocycles. The summed E-state index contributed by atoms with van der Waals surface area (Å²) in [5.74, 6) is 6.81. The number of benzene rings is 1. The topological polar surface area (TPSA) is 60.2 Å². The molecule has 5 heteroatoms. The second-order valence-corrected chi connectivity index (χ2v) is 5.15. The highest BCUT2D eigenvalue weighted by molar-refractivity contribution is 9.10. The number of anilines is 1. The van der Waals surface area contributed by atoms with Crippen LogP contribution in [0, 0.1) is 13.8 Å². The molecule has 0 atom stereocenters. The molecule has 0 amide bonds. The van der Waals surface area contributed by atoms with Crippen LogP contribution in [0.4, 0.5) is 5.82 Å². The van der Waals surface area contributed by atoms with E-state index in [0.29, 0.717) is 12.4 Å². The van der Waals surface area contributed by atoms with Crippen LogP contribution in [-0.4, -0.2) is 4.98 Å². The van der Waals surface area contributed by atoms with Crippen LogP contribution in [0.3, 0.4) is 0 Å². The number of nitrogen functional groups attached to an aromatic ring is 1. The lowest BCUT2D eigenvalue weighted by Crippen LogP contribution is -2.09. The van der Waals surface area contributed by atoms with Gasteiger partial charge in [0.2, 0.25) is 0 Å². The molecule has 1 aromatic heterocycles. The third-order valence-electron chi connectivity index (χ3n) is 2.79. The van der Waals surface area contributed by atoms with Gasteiger partial charge < -0.3 is 10.2 Å². The van der Waals surface area contributed by atoms with Crippen molar-refractivity contribution in [1.29, 1.82) is 0 Å². The first-order chi connectivity index (χ1) is 9.10. The van der Waals surface area contributed by atoms with E-state index in [9.17, 15) is 0 Å². The summed E-state index contributed by atoms with van der Waals surface area (Å²) >= 11 is 3.54. The van der Waals surface area contributed by atoms with E-state index in [4.69, 9.17) is 10.6 Å². The number of pyridine rings is 1. The fourth-order valence-corrected chi connectivity index (χ4v) is 2.03. The van der Waals surface area contributed by atoms with Gasteiger partial charge in [-0.2, -0.15) is 0 Å². The molecule has 0 aliphatic heterocycles. The lowest BCUT2D eigenvalue weighted by molar-refractivity contribution is 0.305. The van der Waals surface area contributed by atoms with E-state index in [1.807, 2.05) is 38.1 Å². The molecule has 0 aliphatic rings. The summed E-state index contributed by atoms with van der Waals surface area (Å²) in [5.41, 5.74) is 5.86. The fourth-order valence-electron chi connectivity index (χ4n) is 1.80. The quantitative estimate of drug-likeness (QED) is 0.670. The normalized spacial score (nSPS) is 10.3. The van der Waals surface area contributed by atoms with Gasteiger partial charge in [0, 0.05) is 10.7 Å². The zero-order valence-corrected chi connectivity index (χ0v) is 12.5. The largest absolute Gasteiger partial charge is 0.489 e. The molecule has 0 saturated carbocycles. The minimum Gasteiger partial charge on any atom is -0.489 e. The molecule has 0 fully saturated rings. The van der Waals surface area contributed by atoms with Crippen molar-refractivity contribution in [1.82, 2.24) is 4.98 Å². The van der Waals surface area contributed by atoms with Crippen LogP contribution >= 0.6 is 15.9 Å². The first-order valence-corrected chi connectivity index (χ1v) is 6.70. The van der Waals surface area contributed by atoms with E-state index in [1.165, 1.54) is 0 Å². The number of aromatic nitrogens is 1. The van der Waals surface area contributed by atoms with Crippen molar-refractivity contribution in [2.24, 2.45) is 5.84 Å². The highest BCUT2D eigenvalue weighted by atomic mass is 79.9. The van der Waals surface area contributed by atoms with Gasteiger partial charge in [0.05, 0.1) is 0 Å². The number of hydrazine groups is 1. The Kier molecular flexibility index (Phi) is 4.39. The van der Waals surface area contributed by atoms with Gasteiger partial charge in [0.15, 0.2) is 0 Å². The van der Waals surface area contributed by atoms with E-state index in [0.717, 1.165) is 26.9 Å². The van der Waals surface area contributed by atoms with E-state index < -0.39 is 0 Å². The van der Waals surface area contributed by atoms with Gasteiger partial charge in [-0.15, -0.1) is 0 Å². The number of rotatable bonds is 4. The van der Waals surface area contributed by atoms with Crippen LogP contribution in [0.1, 0.15) is 16.7 Å². The predicted molar refractivity (Wildman–Crippen MR) is 80.0 cm³/mol. The van der Waals surface area contributed by atoms with E-state index >= 15 is 0 Å². The number of ether oxygens (including phenoxy) is 1. The summed E-state index contributed by atoms with van der Waals surface area (Å²) in [5, 5.41) is 0. The third kappa shape index (κ3) is 3.45. The van der Waals surface area contributed by atoms with Gasteiger partial charge >= 0.3 is 0 Å². The Hall–Kier alpha value is -1.59. The Bertz CT molecular complexity index is 564. The number of nitrogens with two attached hydrogens (primary N) is 1. The summed E-state index contributed by atoms with van der Waals surface area (Å²) in [6, 6.07) is 7.79. The smallest absolute Gasteiger partial charge is 0.140 e. The molecule has 1 aromatic carbocycles. The molecule has 0 unspecified atom stereocenters. The maximum Gasteiger partial charge on any atom is 0.140 e. The molecule has 0 aliphatic carbocycles. The SMILES string of the molecule is Cc1cc(OCc2ccnc(NN)c2)cc(C)c1Br. The Morgan fingerprint density at radius 2 is 1.95 bits per heavy atom. The molecule has 100 valence electrons. The number of aryl methyl sites for hydroxylation is 2. The number of nitrogens with one attached hydrogen (secondary N) is 1. The molecule has 4 nitrogen and oxygen atoms in total. The third-order valence-corrected chi connectivity index (χ3v) is 4.04.